The molecule has 6 rings (SSSR count). The predicted molar refractivity (Wildman–Crippen MR) is 104 cm³/mol. The van der Waals surface area contributed by atoms with Crippen LogP contribution < -0.4 is 9.47 Å². The number of methoxy groups -OCH3 is 1. The van der Waals surface area contributed by atoms with Crippen molar-refractivity contribution in [1.82, 2.24) is 9.55 Å². The van der Waals surface area contributed by atoms with Crippen LogP contribution in [0.2, 0.25) is 0 Å². The summed E-state index contributed by atoms with van der Waals surface area (Å²) in [6, 6.07) is 13.4. The third kappa shape index (κ3) is 2.16. The number of hydrogen-bond donors (Lipinski definition) is 1. The lowest BCUT2D eigenvalue weighted by Gasteiger charge is -2.14. The zero-order valence-corrected chi connectivity index (χ0v) is 15.5. The molecule has 0 spiro atoms. The fourth-order valence-corrected chi connectivity index (χ4v) is 4.38. The van der Waals surface area contributed by atoms with E-state index in [4.69, 9.17) is 14.2 Å². The number of esters is 1. The first-order chi connectivity index (χ1) is 14.2. The summed E-state index contributed by atoms with van der Waals surface area (Å²) in [4.78, 5) is 16.8. The summed E-state index contributed by atoms with van der Waals surface area (Å²) in [5.74, 6) is 0.722. The van der Waals surface area contributed by atoms with Gasteiger partial charge in [-0.1, -0.05) is 18.2 Å². The Kier molecular flexibility index (Phi) is 3.23. The van der Waals surface area contributed by atoms with E-state index in [1.165, 1.54) is 7.11 Å². The minimum Gasteiger partial charge on any atom is -0.464 e. The highest BCUT2D eigenvalue weighted by Gasteiger charge is 2.30. The van der Waals surface area contributed by atoms with E-state index >= 15 is 0 Å². The molecule has 1 N–H and O–H groups in total. The molecular formula is C22H16N2O5. The van der Waals surface area contributed by atoms with E-state index in [-0.39, 0.29) is 12.5 Å². The number of para-hydroxylation sites is 1. The number of carbonyl (C=O) groups is 1. The Bertz CT molecular complexity index is 1340. The summed E-state index contributed by atoms with van der Waals surface area (Å²) in [6.45, 7) is 0.700. The molecule has 1 unspecified atom stereocenters. The number of nitrogens with zero attached hydrogens (tertiary/aromatic N) is 2. The van der Waals surface area contributed by atoms with Crippen LogP contribution in [0.3, 0.4) is 0 Å². The second-order valence-corrected chi connectivity index (χ2v) is 7.19. The molecule has 144 valence electrons. The summed E-state index contributed by atoms with van der Waals surface area (Å²) in [7, 11) is 1.32. The van der Waals surface area contributed by atoms with Gasteiger partial charge in [-0.25, -0.2) is 9.78 Å². The first-order valence-corrected chi connectivity index (χ1v) is 9.26. The maximum absolute atomic E-state index is 12.3. The summed E-state index contributed by atoms with van der Waals surface area (Å²) < 4.78 is 18.1. The normalized spacial score (nSPS) is 16.7. The Hall–Kier alpha value is -3.58. The van der Waals surface area contributed by atoms with Gasteiger partial charge in [0.05, 0.1) is 18.3 Å². The van der Waals surface area contributed by atoms with Crippen molar-refractivity contribution in [2.45, 2.75) is 12.6 Å². The number of hydrogen-bond acceptors (Lipinski definition) is 6. The van der Waals surface area contributed by atoms with Crippen molar-refractivity contribution in [3.8, 4) is 11.5 Å². The van der Waals surface area contributed by atoms with Gasteiger partial charge in [-0.05, 0) is 35.4 Å². The summed E-state index contributed by atoms with van der Waals surface area (Å²) in [5, 5.41) is 13.2. The zero-order chi connectivity index (χ0) is 19.7. The summed E-state index contributed by atoms with van der Waals surface area (Å²) >= 11 is 0. The number of ether oxygens (including phenoxy) is 3. The molecule has 4 aromatic rings. The van der Waals surface area contributed by atoms with E-state index in [9.17, 15) is 9.90 Å². The fourth-order valence-electron chi connectivity index (χ4n) is 4.38. The van der Waals surface area contributed by atoms with Gasteiger partial charge in [-0.2, -0.15) is 0 Å². The molecule has 7 nitrogen and oxygen atoms in total. The molecule has 0 saturated heterocycles. The molecular weight excluding hydrogens is 372 g/mol. The van der Waals surface area contributed by atoms with Crippen LogP contribution in [-0.2, 0) is 11.3 Å². The largest absolute Gasteiger partial charge is 0.464 e. The van der Waals surface area contributed by atoms with E-state index in [0.717, 1.165) is 27.4 Å². The van der Waals surface area contributed by atoms with E-state index in [2.05, 4.69) is 9.55 Å². The van der Waals surface area contributed by atoms with Crippen molar-refractivity contribution < 1.29 is 24.1 Å². The lowest BCUT2D eigenvalue weighted by atomic mass is 9.98. The quantitative estimate of drug-likeness (QED) is 0.505. The van der Waals surface area contributed by atoms with Crippen molar-refractivity contribution >= 4 is 27.8 Å². The number of rotatable bonds is 1. The molecule has 2 aliphatic heterocycles. The van der Waals surface area contributed by atoms with Crippen LogP contribution in [0, 0.1) is 0 Å². The summed E-state index contributed by atoms with van der Waals surface area (Å²) in [6.07, 6.45) is -1.02. The third-order valence-corrected chi connectivity index (χ3v) is 5.69. The number of carbonyl (C=O) groups excluding carboxylic acids is 1. The van der Waals surface area contributed by atoms with Crippen molar-refractivity contribution in [3.05, 3.63) is 65.0 Å². The Balaban J connectivity index is 1.73. The lowest BCUT2D eigenvalue weighted by molar-refractivity contribution is 0.0593. The summed E-state index contributed by atoms with van der Waals surface area (Å²) in [5.41, 5.74) is 4.02. The van der Waals surface area contributed by atoms with Crippen molar-refractivity contribution in [1.29, 1.82) is 0 Å². The molecule has 4 heterocycles. The monoisotopic (exact) mass is 388 g/mol. The van der Waals surface area contributed by atoms with E-state index < -0.39 is 12.1 Å². The van der Waals surface area contributed by atoms with Crippen LogP contribution >= 0.6 is 0 Å². The smallest absolute Gasteiger partial charge is 0.356 e. The van der Waals surface area contributed by atoms with Crippen LogP contribution in [0.15, 0.2) is 42.5 Å². The van der Waals surface area contributed by atoms with Gasteiger partial charge in [0.1, 0.15) is 11.8 Å². The van der Waals surface area contributed by atoms with Crippen molar-refractivity contribution in [2.24, 2.45) is 0 Å². The van der Waals surface area contributed by atoms with Gasteiger partial charge >= 0.3 is 5.97 Å². The number of pyridine rings is 1. The highest BCUT2D eigenvalue weighted by atomic mass is 16.7. The van der Waals surface area contributed by atoms with E-state index in [1.54, 1.807) is 12.1 Å². The van der Waals surface area contributed by atoms with Crippen LogP contribution in [0.1, 0.15) is 33.4 Å². The minimum absolute atomic E-state index is 0.159. The fraction of sp³-hybridized carbons (Fsp3) is 0.182. The molecule has 0 bridgehead atoms. The number of fused-ring (bicyclic) bond motifs is 5. The SMILES string of the molecule is COC(=O)c1cc2c3ccccc3n3c2c(n1)C(O)c1cc2c(cc1C3)OCO2. The predicted octanol–water partition coefficient (Wildman–Crippen LogP) is 3.15. The molecule has 0 radical (unpaired) electrons. The standard InChI is InChI=1S/C22H16N2O5/c1-27-22(26)15-7-14-12-4-2-3-5-16(12)24-9-11-6-17-18(29-10-28-17)8-13(11)21(25)19(23-15)20(14)24/h2-8,21,25H,9-10H2,1H3. The molecule has 29 heavy (non-hydrogen) atoms. The highest BCUT2D eigenvalue weighted by Crippen LogP contribution is 2.43. The number of aromatic nitrogens is 2. The van der Waals surface area contributed by atoms with Crippen LogP contribution in [0.4, 0.5) is 0 Å². The first kappa shape index (κ1) is 16.4. The number of aliphatic hydroxyl groups excluding tert-OH is 1. The van der Waals surface area contributed by atoms with Gasteiger partial charge in [-0.15, -0.1) is 0 Å². The maximum atomic E-state index is 12.3. The second-order valence-electron chi connectivity index (χ2n) is 7.19. The van der Waals surface area contributed by atoms with Gasteiger partial charge in [-0.3, -0.25) is 0 Å². The van der Waals surface area contributed by atoms with Crippen molar-refractivity contribution in [3.63, 3.8) is 0 Å². The first-order valence-electron chi connectivity index (χ1n) is 9.26. The molecule has 2 aromatic heterocycles. The van der Waals surface area contributed by atoms with Gasteiger partial charge in [0.15, 0.2) is 11.5 Å². The average Bonchev–Trinajstić information content (AvgIpc) is 3.31. The molecule has 2 aromatic carbocycles. The van der Waals surface area contributed by atoms with Gasteiger partial charge in [0.2, 0.25) is 6.79 Å². The number of benzene rings is 2. The molecule has 0 saturated carbocycles. The third-order valence-electron chi connectivity index (χ3n) is 5.69. The van der Waals surface area contributed by atoms with Crippen LogP contribution in [0.5, 0.6) is 11.5 Å². The van der Waals surface area contributed by atoms with Crippen LogP contribution in [-0.4, -0.2) is 34.5 Å². The van der Waals surface area contributed by atoms with Gasteiger partial charge in [0, 0.05) is 22.8 Å². The highest BCUT2D eigenvalue weighted by molar-refractivity contribution is 6.10. The Labute approximate surface area is 165 Å². The molecule has 0 amide bonds. The zero-order valence-electron chi connectivity index (χ0n) is 15.5. The molecule has 7 heteroatoms. The van der Waals surface area contributed by atoms with Gasteiger partial charge in [0.25, 0.3) is 0 Å². The average molecular weight is 388 g/mol. The Morgan fingerprint density at radius 1 is 1.17 bits per heavy atom. The Morgan fingerprint density at radius 3 is 2.79 bits per heavy atom. The second kappa shape index (κ2) is 5.71. The molecule has 1 atom stereocenters. The number of aliphatic hydroxyl groups is 1. The molecule has 0 aliphatic carbocycles. The topological polar surface area (TPSA) is 82.8 Å². The molecule has 2 aliphatic rings. The minimum atomic E-state index is -1.02. The van der Waals surface area contributed by atoms with E-state index in [1.807, 2.05) is 30.3 Å². The van der Waals surface area contributed by atoms with Crippen molar-refractivity contribution in [2.75, 3.05) is 13.9 Å². The maximum Gasteiger partial charge on any atom is 0.356 e. The molecule has 0 fully saturated rings. The van der Waals surface area contributed by atoms with E-state index in [0.29, 0.717) is 29.3 Å². The Morgan fingerprint density at radius 2 is 1.97 bits per heavy atom. The van der Waals surface area contributed by atoms with Gasteiger partial charge < -0.3 is 23.9 Å². The van der Waals surface area contributed by atoms with Crippen LogP contribution in [0.25, 0.3) is 21.8 Å². The lowest BCUT2D eigenvalue weighted by Crippen LogP contribution is -2.10.